The fraction of sp³-hybridized carbons (Fsp3) is 0.368. The average molecular weight is 376 g/mol. The molecule has 1 saturated heterocycles. The van der Waals surface area contributed by atoms with Gasteiger partial charge in [0.25, 0.3) is 11.8 Å². The topological polar surface area (TPSA) is 40.6 Å². The van der Waals surface area contributed by atoms with Gasteiger partial charge in [0.2, 0.25) is 0 Å². The Kier molecular flexibility index (Phi) is 4.48. The van der Waals surface area contributed by atoms with Gasteiger partial charge in [-0.2, -0.15) is 0 Å². The van der Waals surface area contributed by atoms with Crippen molar-refractivity contribution in [3.63, 3.8) is 0 Å². The van der Waals surface area contributed by atoms with Crippen LogP contribution < -0.4 is 0 Å². The van der Waals surface area contributed by atoms with Gasteiger partial charge in [-0.05, 0) is 54.0 Å². The summed E-state index contributed by atoms with van der Waals surface area (Å²) in [5.74, 6) is -1.79. The van der Waals surface area contributed by atoms with E-state index >= 15 is 0 Å². The van der Waals surface area contributed by atoms with Crippen LogP contribution in [0.25, 0.3) is 0 Å². The fourth-order valence-corrected chi connectivity index (χ4v) is 4.23. The summed E-state index contributed by atoms with van der Waals surface area (Å²) < 4.78 is 26.4. The summed E-state index contributed by atoms with van der Waals surface area (Å²) in [5.41, 5.74) is 1.28. The lowest BCUT2D eigenvalue weighted by Crippen LogP contribution is -2.50. The minimum Gasteiger partial charge on any atom is -0.335 e. The van der Waals surface area contributed by atoms with Crippen LogP contribution in [0.5, 0.6) is 0 Å². The van der Waals surface area contributed by atoms with E-state index < -0.39 is 11.6 Å². The lowest BCUT2D eigenvalue weighted by atomic mass is 10.1. The lowest BCUT2D eigenvalue weighted by molar-refractivity contribution is 0.0537. The van der Waals surface area contributed by atoms with Gasteiger partial charge in [-0.1, -0.05) is 0 Å². The van der Waals surface area contributed by atoms with Crippen molar-refractivity contribution < 1.29 is 18.4 Å². The number of piperazine rings is 1. The number of halogens is 2. The number of rotatable bonds is 3. The molecule has 26 heavy (non-hydrogen) atoms. The van der Waals surface area contributed by atoms with E-state index in [1.807, 2.05) is 11.4 Å². The van der Waals surface area contributed by atoms with Crippen LogP contribution in [0.3, 0.4) is 0 Å². The van der Waals surface area contributed by atoms with Gasteiger partial charge in [0, 0.05) is 31.7 Å². The van der Waals surface area contributed by atoms with Crippen molar-refractivity contribution in [1.29, 1.82) is 0 Å². The van der Waals surface area contributed by atoms with E-state index in [1.165, 1.54) is 17.4 Å². The highest BCUT2D eigenvalue weighted by molar-refractivity contribution is 7.12. The number of amides is 2. The molecule has 1 saturated carbocycles. The molecule has 0 unspecified atom stereocenters. The maximum absolute atomic E-state index is 13.3. The molecule has 2 heterocycles. The Balaban J connectivity index is 1.40. The maximum atomic E-state index is 13.3. The third-order valence-corrected chi connectivity index (χ3v) is 5.85. The zero-order chi connectivity index (χ0) is 18.3. The monoisotopic (exact) mass is 376 g/mol. The third-order valence-electron chi connectivity index (χ3n) is 4.93. The molecule has 0 bridgehead atoms. The lowest BCUT2D eigenvalue weighted by Gasteiger charge is -2.34. The van der Waals surface area contributed by atoms with Gasteiger partial charge < -0.3 is 9.80 Å². The molecule has 4 nitrogen and oxygen atoms in total. The van der Waals surface area contributed by atoms with E-state index in [-0.39, 0.29) is 17.4 Å². The Hall–Kier alpha value is -2.28. The van der Waals surface area contributed by atoms with Crippen molar-refractivity contribution >= 4 is 23.2 Å². The van der Waals surface area contributed by atoms with Gasteiger partial charge in [0.1, 0.15) is 0 Å². The number of carbonyl (C=O) groups is 2. The molecule has 2 amide bonds. The van der Waals surface area contributed by atoms with Gasteiger partial charge in [0.15, 0.2) is 11.6 Å². The smallest absolute Gasteiger partial charge is 0.264 e. The van der Waals surface area contributed by atoms with Gasteiger partial charge >= 0.3 is 0 Å². The molecule has 1 aliphatic heterocycles. The van der Waals surface area contributed by atoms with E-state index in [9.17, 15) is 18.4 Å². The quantitative estimate of drug-likeness (QED) is 0.823. The number of nitrogens with zero attached hydrogens (tertiary/aromatic N) is 2. The first-order valence-electron chi connectivity index (χ1n) is 8.65. The van der Waals surface area contributed by atoms with E-state index in [0.717, 1.165) is 35.4 Å². The minimum absolute atomic E-state index is 0.0295. The summed E-state index contributed by atoms with van der Waals surface area (Å²) in [6.07, 6.45) is 2.29. The standard InChI is InChI=1S/C19H18F2N2O2S/c20-15-4-3-13(11-16(15)21)18(24)22-6-8-23(9-7-22)19(25)17-14(5-10-26-17)12-1-2-12/h3-5,10-12H,1-2,6-9H2. The fourth-order valence-electron chi connectivity index (χ4n) is 3.28. The van der Waals surface area contributed by atoms with Crippen LogP contribution in [0, 0.1) is 11.6 Å². The Morgan fingerprint density at radius 2 is 1.58 bits per heavy atom. The Morgan fingerprint density at radius 3 is 2.19 bits per heavy atom. The van der Waals surface area contributed by atoms with Crippen LogP contribution in [0.4, 0.5) is 8.78 Å². The van der Waals surface area contributed by atoms with Crippen LogP contribution in [0.15, 0.2) is 29.6 Å². The van der Waals surface area contributed by atoms with Crippen LogP contribution in [-0.4, -0.2) is 47.8 Å². The summed E-state index contributed by atoms with van der Waals surface area (Å²) in [6, 6.07) is 5.20. The maximum Gasteiger partial charge on any atom is 0.264 e. The molecule has 2 fully saturated rings. The molecular formula is C19H18F2N2O2S. The first kappa shape index (κ1) is 17.1. The Bertz CT molecular complexity index is 855. The molecular weight excluding hydrogens is 358 g/mol. The van der Waals surface area contributed by atoms with E-state index in [4.69, 9.17) is 0 Å². The number of carbonyl (C=O) groups excluding carboxylic acids is 2. The largest absolute Gasteiger partial charge is 0.335 e. The number of benzene rings is 1. The molecule has 0 radical (unpaired) electrons. The molecule has 2 aliphatic rings. The van der Waals surface area contributed by atoms with Crippen molar-refractivity contribution in [2.24, 2.45) is 0 Å². The second-order valence-electron chi connectivity index (χ2n) is 6.69. The average Bonchev–Trinajstić information content (AvgIpc) is 3.39. The second-order valence-corrected chi connectivity index (χ2v) is 7.61. The zero-order valence-electron chi connectivity index (χ0n) is 14.1. The molecule has 1 aromatic heterocycles. The summed E-state index contributed by atoms with van der Waals surface area (Å²) in [7, 11) is 0. The van der Waals surface area contributed by atoms with Crippen molar-refractivity contribution in [1.82, 2.24) is 9.80 Å². The highest BCUT2D eigenvalue weighted by Gasteiger charge is 2.32. The van der Waals surface area contributed by atoms with Crippen molar-refractivity contribution in [3.05, 3.63) is 57.3 Å². The zero-order valence-corrected chi connectivity index (χ0v) is 14.9. The summed E-state index contributed by atoms with van der Waals surface area (Å²) in [4.78, 5) is 29.4. The van der Waals surface area contributed by atoms with Crippen LogP contribution >= 0.6 is 11.3 Å². The SMILES string of the molecule is O=C(c1ccc(F)c(F)c1)N1CCN(C(=O)c2sccc2C2CC2)CC1. The van der Waals surface area contributed by atoms with Crippen LogP contribution in [0.2, 0.25) is 0 Å². The molecule has 0 N–H and O–H groups in total. The first-order valence-corrected chi connectivity index (χ1v) is 9.53. The van der Waals surface area contributed by atoms with E-state index in [0.29, 0.717) is 32.1 Å². The van der Waals surface area contributed by atoms with Gasteiger partial charge in [0.05, 0.1) is 4.88 Å². The summed E-state index contributed by atoms with van der Waals surface area (Å²) >= 11 is 1.48. The third kappa shape index (κ3) is 3.23. The number of hydrogen-bond donors (Lipinski definition) is 0. The molecule has 0 spiro atoms. The number of thiophene rings is 1. The summed E-state index contributed by atoms with van der Waals surface area (Å²) in [6.45, 7) is 1.65. The first-order chi connectivity index (χ1) is 12.5. The van der Waals surface area contributed by atoms with Gasteiger partial charge in [-0.3, -0.25) is 9.59 Å². The molecule has 1 aromatic carbocycles. The molecule has 4 rings (SSSR count). The van der Waals surface area contributed by atoms with E-state index in [1.54, 1.807) is 9.80 Å². The molecule has 0 atom stereocenters. The second kappa shape index (κ2) is 6.79. The highest BCUT2D eigenvalue weighted by Crippen LogP contribution is 2.43. The molecule has 1 aliphatic carbocycles. The Labute approximate surface area is 154 Å². The van der Waals surface area contributed by atoms with Crippen molar-refractivity contribution in [2.45, 2.75) is 18.8 Å². The van der Waals surface area contributed by atoms with E-state index in [2.05, 4.69) is 0 Å². The van der Waals surface area contributed by atoms with Crippen LogP contribution in [0.1, 0.15) is 44.4 Å². The van der Waals surface area contributed by atoms with Gasteiger partial charge in [-0.25, -0.2) is 8.78 Å². The Morgan fingerprint density at radius 1 is 0.923 bits per heavy atom. The minimum atomic E-state index is -1.03. The number of hydrogen-bond acceptors (Lipinski definition) is 3. The summed E-state index contributed by atoms with van der Waals surface area (Å²) in [5, 5.41) is 1.96. The molecule has 7 heteroatoms. The molecule has 136 valence electrons. The van der Waals surface area contributed by atoms with Gasteiger partial charge in [-0.15, -0.1) is 11.3 Å². The predicted molar refractivity (Wildman–Crippen MR) is 94.5 cm³/mol. The van der Waals surface area contributed by atoms with Crippen LogP contribution in [-0.2, 0) is 0 Å². The van der Waals surface area contributed by atoms with Crippen molar-refractivity contribution in [2.75, 3.05) is 26.2 Å². The normalized spacial score (nSPS) is 17.5. The highest BCUT2D eigenvalue weighted by atomic mass is 32.1. The molecule has 2 aromatic rings. The van der Waals surface area contributed by atoms with Crippen molar-refractivity contribution in [3.8, 4) is 0 Å². The predicted octanol–water partition coefficient (Wildman–Crippen LogP) is 3.50.